The molecule has 1 N–H and O–H groups in total. The maximum Gasteiger partial charge on any atom is 0.284 e. The van der Waals surface area contributed by atoms with E-state index in [1.807, 2.05) is 12.1 Å². The Balaban J connectivity index is 1.29. The van der Waals surface area contributed by atoms with Gasteiger partial charge in [-0.15, -0.1) is 0 Å². The van der Waals surface area contributed by atoms with Crippen LogP contribution in [0, 0.1) is 5.92 Å². The number of aromatic nitrogens is 4. The zero-order valence-corrected chi connectivity index (χ0v) is 19.5. The van der Waals surface area contributed by atoms with Gasteiger partial charge in [0.2, 0.25) is 0 Å². The molecule has 10 heteroatoms. The number of hydrogen-bond acceptors (Lipinski definition) is 6. The van der Waals surface area contributed by atoms with E-state index < -0.39 is 18.0 Å². The van der Waals surface area contributed by atoms with E-state index in [1.54, 1.807) is 17.1 Å². The van der Waals surface area contributed by atoms with E-state index in [4.69, 9.17) is 9.72 Å². The fourth-order valence-corrected chi connectivity index (χ4v) is 5.59. The molecule has 3 fully saturated rings. The third kappa shape index (κ3) is 4.13. The fourth-order valence-electron chi connectivity index (χ4n) is 5.59. The summed E-state index contributed by atoms with van der Waals surface area (Å²) < 4.78 is 34.9. The zero-order valence-electron chi connectivity index (χ0n) is 19.5. The molecule has 2 saturated heterocycles. The number of ether oxygens (including phenoxy) is 1. The van der Waals surface area contributed by atoms with Crippen molar-refractivity contribution in [3.8, 4) is 0 Å². The van der Waals surface area contributed by atoms with Crippen LogP contribution in [0.1, 0.15) is 67.5 Å². The van der Waals surface area contributed by atoms with Crippen LogP contribution in [0.5, 0.6) is 0 Å². The van der Waals surface area contributed by atoms with Crippen molar-refractivity contribution in [1.29, 1.82) is 0 Å². The number of amides is 1. The Morgan fingerprint density at radius 2 is 2.00 bits per heavy atom. The van der Waals surface area contributed by atoms with E-state index in [0.29, 0.717) is 23.4 Å². The number of halogens is 2. The lowest BCUT2D eigenvalue weighted by molar-refractivity contribution is 0.0988. The Morgan fingerprint density at radius 3 is 2.71 bits per heavy atom. The highest BCUT2D eigenvalue weighted by Crippen LogP contribution is 2.35. The number of morpholine rings is 1. The molecule has 3 aromatic rings. The smallest absolute Gasteiger partial charge is 0.284 e. The van der Waals surface area contributed by atoms with Gasteiger partial charge in [0.25, 0.3) is 12.3 Å². The van der Waals surface area contributed by atoms with Crippen LogP contribution in [0.2, 0.25) is 0 Å². The lowest BCUT2D eigenvalue weighted by atomic mass is 9.87. The Hall–Kier alpha value is -3.14. The van der Waals surface area contributed by atoms with Gasteiger partial charge in [0, 0.05) is 30.5 Å². The topological polar surface area (TPSA) is 85.2 Å². The monoisotopic (exact) mass is 482 g/mol. The second-order valence-corrected chi connectivity index (χ2v) is 10.0. The zero-order chi connectivity index (χ0) is 24.1. The predicted octanol–water partition coefficient (Wildman–Crippen LogP) is 4.74. The van der Waals surface area contributed by atoms with Crippen LogP contribution < -0.4 is 10.2 Å². The average molecular weight is 483 g/mol. The Labute approximate surface area is 201 Å². The van der Waals surface area contributed by atoms with Gasteiger partial charge >= 0.3 is 0 Å². The number of nitrogens with zero attached hydrogens (tertiary/aromatic N) is 5. The van der Waals surface area contributed by atoms with Crippen molar-refractivity contribution in [2.45, 2.75) is 63.6 Å². The first-order valence-corrected chi connectivity index (χ1v) is 12.3. The number of rotatable bonds is 5. The number of alkyl halides is 2. The maximum atomic E-state index is 13.8. The summed E-state index contributed by atoms with van der Waals surface area (Å²) in [5, 5.41) is 7.54. The molecule has 2 bridgehead atoms. The standard InChI is InChI=1S/C25H28F2N6O2/c1-14-2-5-16(6-3-14)33-12-20(23(31-33)24(26)27)29-25(34)19-10-28-9-15-4-7-21(30-22(15)19)32-11-18-8-17(32)13-35-18/h4,7,9-10,12,14,16-18,24H,2-3,5-6,8,11,13H2,1H3,(H,29,34)/t14-,16-,17-,18-/m0/s1. The van der Waals surface area contributed by atoms with Crippen molar-refractivity contribution in [3.05, 3.63) is 42.0 Å². The molecule has 2 aliphatic heterocycles. The first-order chi connectivity index (χ1) is 17.0. The van der Waals surface area contributed by atoms with E-state index in [9.17, 15) is 13.6 Å². The molecule has 5 heterocycles. The molecule has 184 valence electrons. The Bertz CT molecular complexity index is 1260. The first-order valence-electron chi connectivity index (χ1n) is 12.3. The summed E-state index contributed by atoms with van der Waals surface area (Å²) in [6.45, 7) is 3.65. The summed E-state index contributed by atoms with van der Waals surface area (Å²) >= 11 is 0. The van der Waals surface area contributed by atoms with Gasteiger partial charge in [0.1, 0.15) is 5.82 Å². The Kier molecular flexibility index (Phi) is 5.63. The van der Waals surface area contributed by atoms with Gasteiger partial charge < -0.3 is 15.0 Å². The summed E-state index contributed by atoms with van der Waals surface area (Å²) in [4.78, 5) is 24.5. The van der Waals surface area contributed by atoms with Crippen LogP contribution in [-0.4, -0.2) is 51.0 Å². The van der Waals surface area contributed by atoms with Crippen molar-refractivity contribution in [2.24, 2.45) is 5.92 Å². The van der Waals surface area contributed by atoms with Gasteiger partial charge in [-0.2, -0.15) is 5.10 Å². The number of fused-ring (bicyclic) bond motifs is 3. The predicted molar refractivity (Wildman–Crippen MR) is 127 cm³/mol. The van der Waals surface area contributed by atoms with E-state index in [-0.39, 0.29) is 29.4 Å². The molecular formula is C25H28F2N6O2. The van der Waals surface area contributed by atoms with Gasteiger partial charge in [0.15, 0.2) is 5.69 Å². The van der Waals surface area contributed by atoms with Crippen LogP contribution in [0.15, 0.2) is 30.7 Å². The Morgan fingerprint density at radius 1 is 1.17 bits per heavy atom. The van der Waals surface area contributed by atoms with E-state index >= 15 is 0 Å². The van der Waals surface area contributed by atoms with Gasteiger partial charge in [-0.05, 0) is 50.2 Å². The molecule has 8 nitrogen and oxygen atoms in total. The normalized spacial score (nSPS) is 26.1. The van der Waals surface area contributed by atoms with E-state index in [1.165, 1.54) is 6.20 Å². The minimum Gasteiger partial charge on any atom is -0.374 e. The number of nitrogens with one attached hydrogen (secondary N) is 1. The first kappa shape index (κ1) is 22.3. The average Bonchev–Trinajstić information content (AvgIpc) is 3.60. The van der Waals surface area contributed by atoms with E-state index in [2.05, 4.69) is 27.2 Å². The molecule has 0 spiro atoms. The highest BCUT2D eigenvalue weighted by Gasteiger charge is 2.39. The number of pyridine rings is 2. The molecule has 0 radical (unpaired) electrons. The van der Waals surface area contributed by atoms with Gasteiger partial charge in [-0.1, -0.05) is 6.92 Å². The van der Waals surface area contributed by atoms with Crippen molar-refractivity contribution < 1.29 is 18.3 Å². The number of anilines is 2. The second kappa shape index (κ2) is 8.82. The highest BCUT2D eigenvalue weighted by molar-refractivity contribution is 6.11. The molecule has 0 aromatic carbocycles. The molecule has 1 aliphatic carbocycles. The molecule has 3 aliphatic rings. The molecule has 1 saturated carbocycles. The van der Waals surface area contributed by atoms with Gasteiger partial charge in [-0.3, -0.25) is 14.5 Å². The summed E-state index contributed by atoms with van der Waals surface area (Å²) in [6, 6.07) is 4.17. The van der Waals surface area contributed by atoms with Gasteiger partial charge in [-0.25, -0.2) is 13.8 Å². The largest absolute Gasteiger partial charge is 0.374 e. The number of carbonyl (C=O) groups is 1. The van der Waals surface area contributed by atoms with Gasteiger partial charge in [0.05, 0.1) is 41.6 Å². The molecule has 3 aromatic heterocycles. The number of carbonyl (C=O) groups excluding carboxylic acids is 1. The minimum atomic E-state index is -2.79. The summed E-state index contributed by atoms with van der Waals surface area (Å²) in [5.41, 5.74) is 0.355. The van der Waals surface area contributed by atoms with Crippen molar-refractivity contribution in [2.75, 3.05) is 23.4 Å². The van der Waals surface area contributed by atoms with Crippen molar-refractivity contribution in [1.82, 2.24) is 19.7 Å². The lowest BCUT2D eigenvalue weighted by Crippen LogP contribution is -2.37. The van der Waals surface area contributed by atoms with Crippen LogP contribution in [0.3, 0.4) is 0 Å². The molecule has 0 unspecified atom stereocenters. The van der Waals surface area contributed by atoms with Crippen LogP contribution in [0.4, 0.5) is 20.3 Å². The summed E-state index contributed by atoms with van der Waals surface area (Å²) in [6.07, 6.45) is 6.88. The summed E-state index contributed by atoms with van der Waals surface area (Å²) in [7, 11) is 0. The third-order valence-electron chi connectivity index (χ3n) is 7.60. The van der Waals surface area contributed by atoms with Crippen LogP contribution >= 0.6 is 0 Å². The van der Waals surface area contributed by atoms with Crippen molar-refractivity contribution >= 4 is 28.3 Å². The maximum absolute atomic E-state index is 13.8. The molecule has 1 amide bonds. The molecule has 35 heavy (non-hydrogen) atoms. The third-order valence-corrected chi connectivity index (χ3v) is 7.60. The van der Waals surface area contributed by atoms with Crippen LogP contribution in [0.25, 0.3) is 10.9 Å². The fraction of sp³-hybridized carbons (Fsp3) is 0.520. The van der Waals surface area contributed by atoms with Crippen molar-refractivity contribution in [3.63, 3.8) is 0 Å². The minimum absolute atomic E-state index is 0.0331. The molecule has 2 atom stereocenters. The SMILES string of the molecule is C[C@H]1CC[C@H](n2cc(NC(=O)c3cncc4ccc(N5C[C@@H]6C[C@H]5CO6)nc34)c(C(F)F)n2)CC1. The molecular weight excluding hydrogens is 454 g/mol. The quantitative estimate of drug-likeness (QED) is 0.565. The van der Waals surface area contributed by atoms with E-state index in [0.717, 1.165) is 44.5 Å². The lowest BCUT2D eigenvalue weighted by Gasteiger charge is -2.28. The highest BCUT2D eigenvalue weighted by atomic mass is 19.3. The summed E-state index contributed by atoms with van der Waals surface area (Å²) in [5.74, 6) is 0.883. The number of hydrogen-bond donors (Lipinski definition) is 1. The second-order valence-electron chi connectivity index (χ2n) is 10.0. The molecule has 6 rings (SSSR count). The van der Waals surface area contributed by atoms with Crippen LogP contribution in [-0.2, 0) is 4.74 Å².